The molecule has 1 aromatic carbocycles. The molecule has 0 spiro atoms. The third-order valence-electron chi connectivity index (χ3n) is 11.1. The van der Waals surface area contributed by atoms with Gasteiger partial charge in [-0.05, 0) is 57.6 Å². The zero-order valence-electron chi connectivity index (χ0n) is 33.0. The Morgan fingerprint density at radius 3 is 2.24 bits per heavy atom. The lowest BCUT2D eigenvalue weighted by Crippen LogP contribution is -2.55. The van der Waals surface area contributed by atoms with Gasteiger partial charge in [0.25, 0.3) is 0 Å². The van der Waals surface area contributed by atoms with Gasteiger partial charge in [-0.15, -0.1) is 0 Å². The standard InChI is InChI=1S/C40H66N4O6S/c1-13-26(4)36(43(10)39(48)30(25(2)3)23-34(46)40(7,8)41-9)33(49-11)24-35(47)44-21-17-20-32(44)37(50-12)27(5)38(51)42-31(28(6)45)22-29-18-15-14-16-19-29/h14-16,18-19,25-27,30-33,36-37,41,45H,6,13,17,20-24H2,1-5,7-12H3,(H,42,51)/t26?,27?,30?,31-,32?,33?,36?,37?/m0/s1. The average Bonchev–Trinajstić information content (AvgIpc) is 3.59. The molecule has 2 rings (SSSR count). The van der Waals surface area contributed by atoms with Gasteiger partial charge < -0.3 is 35.0 Å². The first-order valence-corrected chi connectivity index (χ1v) is 18.9. The topological polar surface area (TPSA) is 120 Å². The Hall–Kier alpha value is -2.86. The van der Waals surface area contributed by atoms with Crippen molar-refractivity contribution >= 4 is 34.8 Å². The lowest BCUT2D eigenvalue weighted by Gasteiger charge is -2.41. The van der Waals surface area contributed by atoms with E-state index in [0.717, 1.165) is 24.8 Å². The summed E-state index contributed by atoms with van der Waals surface area (Å²) in [6.45, 7) is 18.1. The van der Waals surface area contributed by atoms with Gasteiger partial charge in [0.2, 0.25) is 11.8 Å². The monoisotopic (exact) mass is 730 g/mol. The van der Waals surface area contributed by atoms with Crippen LogP contribution in [0.3, 0.4) is 0 Å². The van der Waals surface area contributed by atoms with Crippen LogP contribution in [-0.4, -0.2) is 108 Å². The first-order chi connectivity index (χ1) is 23.9. The molecule has 1 heterocycles. The number of carbonyl (C=O) groups is 3. The lowest BCUT2D eigenvalue weighted by atomic mass is 9.83. The number of rotatable bonds is 21. The molecule has 1 aliphatic rings. The molecule has 0 bridgehead atoms. The normalized spacial score (nSPS) is 19.1. The molecule has 0 radical (unpaired) electrons. The van der Waals surface area contributed by atoms with Gasteiger partial charge >= 0.3 is 0 Å². The molecular formula is C40H66N4O6S. The second-order valence-electron chi connectivity index (χ2n) is 15.2. The van der Waals surface area contributed by atoms with Gasteiger partial charge in [0.1, 0.15) is 5.76 Å². The number of aliphatic hydroxyl groups is 1. The minimum atomic E-state index is -0.746. The van der Waals surface area contributed by atoms with Gasteiger partial charge in [-0.3, -0.25) is 14.4 Å². The zero-order chi connectivity index (χ0) is 38.6. The number of hydrogen-bond acceptors (Lipinski definition) is 8. The van der Waals surface area contributed by atoms with Crippen LogP contribution in [0.5, 0.6) is 0 Å². The lowest BCUT2D eigenvalue weighted by molar-refractivity contribution is -0.148. The van der Waals surface area contributed by atoms with Crippen molar-refractivity contribution in [2.24, 2.45) is 23.7 Å². The minimum absolute atomic E-state index is 0.00178. The Kier molecular flexibility index (Phi) is 17.7. The highest BCUT2D eigenvalue weighted by Crippen LogP contribution is 2.31. The number of benzene rings is 1. The molecule has 8 atom stereocenters. The smallest absolute Gasteiger partial charge is 0.226 e. The van der Waals surface area contributed by atoms with Crippen molar-refractivity contribution in [3.63, 3.8) is 0 Å². The maximum absolute atomic E-state index is 14.2. The molecule has 1 aliphatic heterocycles. The largest absolute Gasteiger partial charge is 0.511 e. The summed E-state index contributed by atoms with van der Waals surface area (Å²) >= 11 is 5.85. The van der Waals surface area contributed by atoms with Crippen LogP contribution >= 0.6 is 12.2 Å². The Balaban J connectivity index is 2.26. The van der Waals surface area contributed by atoms with Gasteiger partial charge in [0, 0.05) is 46.1 Å². The van der Waals surface area contributed by atoms with E-state index in [9.17, 15) is 19.5 Å². The molecule has 0 aromatic heterocycles. The molecule has 51 heavy (non-hydrogen) atoms. The predicted molar refractivity (Wildman–Crippen MR) is 209 cm³/mol. The number of likely N-dealkylation sites (N-methyl/N-ethyl adjacent to an activating group) is 2. The first-order valence-electron chi connectivity index (χ1n) is 18.5. The Morgan fingerprint density at radius 1 is 1.10 bits per heavy atom. The maximum Gasteiger partial charge on any atom is 0.226 e. The van der Waals surface area contributed by atoms with Crippen LogP contribution in [0, 0.1) is 23.7 Å². The Bertz CT molecular complexity index is 1310. The van der Waals surface area contributed by atoms with Crippen molar-refractivity contribution in [1.82, 2.24) is 20.4 Å². The molecule has 288 valence electrons. The van der Waals surface area contributed by atoms with E-state index in [2.05, 4.69) is 31.1 Å². The highest BCUT2D eigenvalue weighted by molar-refractivity contribution is 7.80. The van der Waals surface area contributed by atoms with Crippen LogP contribution in [0.25, 0.3) is 0 Å². The van der Waals surface area contributed by atoms with Gasteiger partial charge in [0.15, 0.2) is 5.78 Å². The summed E-state index contributed by atoms with van der Waals surface area (Å²) in [5, 5.41) is 16.8. The number of nitrogens with one attached hydrogen (secondary N) is 2. The number of thiocarbonyl (C=S) groups is 1. The van der Waals surface area contributed by atoms with Crippen LogP contribution in [0.2, 0.25) is 0 Å². The van der Waals surface area contributed by atoms with E-state index in [0.29, 0.717) is 18.0 Å². The number of carbonyl (C=O) groups excluding carboxylic acids is 3. The van der Waals surface area contributed by atoms with Crippen molar-refractivity contribution in [1.29, 1.82) is 0 Å². The van der Waals surface area contributed by atoms with E-state index in [1.807, 2.05) is 69.9 Å². The van der Waals surface area contributed by atoms with Crippen LogP contribution in [0.1, 0.15) is 86.1 Å². The molecule has 7 unspecified atom stereocenters. The number of likely N-dealkylation sites (tertiary alicyclic amines) is 1. The Morgan fingerprint density at radius 2 is 1.73 bits per heavy atom. The van der Waals surface area contributed by atoms with Crippen molar-refractivity contribution in [3.8, 4) is 0 Å². The third-order valence-corrected chi connectivity index (χ3v) is 11.6. The van der Waals surface area contributed by atoms with E-state index in [1.54, 1.807) is 33.2 Å². The number of nitrogens with zero attached hydrogens (tertiary/aromatic N) is 2. The fraction of sp³-hybridized carbons (Fsp3) is 0.700. The van der Waals surface area contributed by atoms with E-state index >= 15 is 0 Å². The highest BCUT2D eigenvalue weighted by Gasteiger charge is 2.43. The fourth-order valence-electron chi connectivity index (χ4n) is 7.18. The summed E-state index contributed by atoms with van der Waals surface area (Å²) in [6, 6.07) is 8.77. The summed E-state index contributed by atoms with van der Waals surface area (Å²) < 4.78 is 12.1. The number of ketones is 1. The highest BCUT2D eigenvalue weighted by atomic mass is 32.1. The van der Waals surface area contributed by atoms with E-state index < -0.39 is 23.6 Å². The summed E-state index contributed by atoms with van der Waals surface area (Å²) in [6.07, 6.45) is 2.15. The molecular weight excluding hydrogens is 665 g/mol. The number of aliphatic hydroxyl groups excluding tert-OH is 1. The first kappa shape index (κ1) is 44.3. The van der Waals surface area contributed by atoms with Crippen molar-refractivity contribution in [2.45, 2.75) is 123 Å². The van der Waals surface area contributed by atoms with Crippen LogP contribution < -0.4 is 10.6 Å². The summed E-state index contributed by atoms with van der Waals surface area (Å²) in [5.41, 5.74) is 0.294. The van der Waals surface area contributed by atoms with Gasteiger partial charge in [-0.1, -0.05) is 90.2 Å². The van der Waals surface area contributed by atoms with Gasteiger partial charge in [-0.25, -0.2) is 0 Å². The fourth-order valence-corrected chi connectivity index (χ4v) is 7.45. The number of methoxy groups -OCH3 is 2. The molecule has 2 amide bonds. The molecule has 1 saturated heterocycles. The van der Waals surface area contributed by atoms with Gasteiger partial charge in [0.05, 0.1) is 47.3 Å². The molecule has 1 aromatic rings. The van der Waals surface area contributed by atoms with Crippen molar-refractivity contribution < 1.29 is 29.0 Å². The zero-order valence-corrected chi connectivity index (χ0v) is 33.8. The van der Waals surface area contributed by atoms with E-state index in [1.165, 1.54) is 0 Å². The van der Waals surface area contributed by atoms with Crippen LogP contribution in [-0.2, 0) is 30.3 Å². The van der Waals surface area contributed by atoms with Crippen LogP contribution in [0.4, 0.5) is 0 Å². The van der Waals surface area contributed by atoms with Crippen molar-refractivity contribution in [2.75, 3.05) is 34.9 Å². The number of hydrogen-bond donors (Lipinski definition) is 3. The quantitative estimate of drug-likeness (QED) is 0.108. The van der Waals surface area contributed by atoms with E-state index in [4.69, 9.17) is 21.7 Å². The summed E-state index contributed by atoms with van der Waals surface area (Å²) in [7, 11) is 6.76. The molecule has 11 heteroatoms. The maximum atomic E-state index is 14.2. The molecule has 0 aliphatic carbocycles. The van der Waals surface area contributed by atoms with Crippen LogP contribution in [0.15, 0.2) is 42.7 Å². The Labute approximate surface area is 313 Å². The number of ether oxygens (including phenoxy) is 2. The third kappa shape index (κ3) is 11.8. The molecule has 10 nitrogen and oxygen atoms in total. The second-order valence-corrected chi connectivity index (χ2v) is 15.6. The summed E-state index contributed by atoms with van der Waals surface area (Å²) in [4.78, 5) is 45.7. The second kappa shape index (κ2) is 20.4. The molecule has 3 N–H and O–H groups in total. The molecule has 0 saturated carbocycles. The number of amides is 2. The summed E-state index contributed by atoms with van der Waals surface area (Å²) in [5.74, 6) is -0.998. The van der Waals surface area contributed by atoms with Crippen molar-refractivity contribution in [3.05, 3.63) is 48.2 Å². The number of Topliss-reactive ketones (excluding diaryl/α,β-unsaturated/α-hetero) is 1. The molecule has 1 fully saturated rings. The van der Waals surface area contributed by atoms with E-state index in [-0.39, 0.29) is 72.1 Å². The predicted octanol–water partition coefficient (Wildman–Crippen LogP) is 5.74. The minimum Gasteiger partial charge on any atom is -0.511 e. The average molecular weight is 731 g/mol. The SMILES string of the molecule is C=C(O)[C@H](Cc1ccccc1)NC(=S)C(C)C(OC)C1CCCN1C(=O)CC(OC)C(C(C)CC)N(C)C(=O)C(CC(=O)C(C)(C)NC)C(C)C. The van der Waals surface area contributed by atoms with Gasteiger partial charge in [-0.2, -0.15) is 0 Å².